The monoisotopic (exact) mass is 521 g/mol. The third-order valence-corrected chi connectivity index (χ3v) is 5.78. The van der Waals surface area contributed by atoms with Gasteiger partial charge in [0.25, 0.3) is 0 Å². The lowest BCUT2D eigenvalue weighted by atomic mass is 10.2. The van der Waals surface area contributed by atoms with Crippen molar-refractivity contribution >= 4 is 47.0 Å². The van der Waals surface area contributed by atoms with Crippen LogP contribution in [-0.2, 0) is 6.42 Å². The summed E-state index contributed by atoms with van der Waals surface area (Å²) in [7, 11) is 1.72. The fourth-order valence-electron chi connectivity index (χ4n) is 3.36. The van der Waals surface area contributed by atoms with Crippen LogP contribution in [0.15, 0.2) is 23.2 Å². The van der Waals surface area contributed by atoms with E-state index in [0.29, 0.717) is 19.0 Å². The maximum atomic E-state index is 14.0. The van der Waals surface area contributed by atoms with Crippen LogP contribution in [0.4, 0.5) is 14.5 Å². The zero-order valence-corrected chi connectivity index (χ0v) is 19.4. The number of nitrogens with zero attached hydrogens (tertiary/aromatic N) is 3. The number of anilines is 1. The number of aromatic nitrogens is 1. The first-order chi connectivity index (χ1) is 13.0. The number of rotatable bonds is 5. The first-order valence-corrected chi connectivity index (χ1v) is 9.88. The Bertz CT molecular complexity index is 806. The number of hydrogen-bond acceptors (Lipinski definition) is 4. The van der Waals surface area contributed by atoms with Crippen molar-refractivity contribution in [3.05, 3.63) is 45.4 Å². The third kappa shape index (κ3) is 5.53. The zero-order valence-electron chi connectivity index (χ0n) is 16.3. The van der Waals surface area contributed by atoms with Crippen molar-refractivity contribution in [2.24, 2.45) is 4.99 Å². The Morgan fingerprint density at radius 1 is 1.32 bits per heavy atom. The molecule has 0 spiro atoms. The van der Waals surface area contributed by atoms with Gasteiger partial charge in [-0.2, -0.15) is 0 Å². The van der Waals surface area contributed by atoms with Gasteiger partial charge in [-0.25, -0.2) is 13.8 Å². The summed E-state index contributed by atoms with van der Waals surface area (Å²) < 4.78 is 28.0. The molecule has 1 unspecified atom stereocenters. The molecule has 2 N–H and O–H groups in total. The van der Waals surface area contributed by atoms with Crippen molar-refractivity contribution in [1.29, 1.82) is 0 Å². The van der Waals surface area contributed by atoms with E-state index in [-0.39, 0.29) is 35.7 Å². The van der Waals surface area contributed by atoms with Crippen LogP contribution < -0.4 is 15.5 Å². The molecule has 1 aliphatic heterocycles. The predicted molar refractivity (Wildman–Crippen MR) is 122 cm³/mol. The number of para-hydroxylation sites is 1. The highest BCUT2D eigenvalue weighted by molar-refractivity contribution is 14.0. The molecule has 9 heteroatoms. The second-order valence-corrected chi connectivity index (χ2v) is 7.92. The highest BCUT2D eigenvalue weighted by atomic mass is 127. The van der Waals surface area contributed by atoms with Gasteiger partial charge >= 0.3 is 0 Å². The van der Waals surface area contributed by atoms with E-state index in [2.05, 4.69) is 20.6 Å². The van der Waals surface area contributed by atoms with Crippen LogP contribution in [0.25, 0.3) is 0 Å². The molecule has 1 saturated heterocycles. The topological polar surface area (TPSA) is 52.6 Å². The van der Waals surface area contributed by atoms with Gasteiger partial charge in [-0.15, -0.1) is 35.3 Å². The third-order valence-electron chi connectivity index (χ3n) is 4.65. The van der Waals surface area contributed by atoms with Crippen molar-refractivity contribution in [2.75, 3.05) is 31.6 Å². The van der Waals surface area contributed by atoms with Gasteiger partial charge in [-0.3, -0.25) is 4.99 Å². The molecule has 3 rings (SSSR count). The van der Waals surface area contributed by atoms with E-state index in [4.69, 9.17) is 0 Å². The van der Waals surface area contributed by atoms with Crippen LogP contribution in [-0.4, -0.2) is 43.7 Å². The minimum atomic E-state index is -0.520. The lowest BCUT2D eigenvalue weighted by molar-refractivity contribution is 0.576. The fourth-order valence-corrected chi connectivity index (χ4v) is 4.30. The summed E-state index contributed by atoms with van der Waals surface area (Å²) in [5, 5.41) is 7.74. The molecular weight excluding hydrogens is 495 g/mol. The molecule has 0 saturated carbocycles. The van der Waals surface area contributed by atoms with E-state index in [1.165, 1.54) is 23.1 Å². The van der Waals surface area contributed by atoms with Crippen molar-refractivity contribution in [3.63, 3.8) is 0 Å². The van der Waals surface area contributed by atoms with Gasteiger partial charge in [-0.1, -0.05) is 6.07 Å². The number of aliphatic imine (C=N–C) groups is 1. The Hall–Kier alpha value is -1.49. The van der Waals surface area contributed by atoms with Gasteiger partial charge in [0.15, 0.2) is 5.96 Å². The lowest BCUT2D eigenvalue weighted by Gasteiger charge is -2.21. The quantitative estimate of drug-likeness (QED) is 0.359. The van der Waals surface area contributed by atoms with Crippen LogP contribution in [0, 0.1) is 25.5 Å². The van der Waals surface area contributed by atoms with E-state index < -0.39 is 11.6 Å². The lowest BCUT2D eigenvalue weighted by Crippen LogP contribution is -2.45. The molecule has 1 fully saturated rings. The van der Waals surface area contributed by atoms with Gasteiger partial charge in [0.2, 0.25) is 0 Å². The number of hydrogen-bond donors (Lipinski definition) is 2. The largest absolute Gasteiger partial charge is 0.365 e. The Labute approximate surface area is 185 Å². The van der Waals surface area contributed by atoms with E-state index in [9.17, 15) is 8.78 Å². The van der Waals surface area contributed by atoms with Gasteiger partial charge in [0.05, 0.1) is 10.7 Å². The molecular formula is C19H26F2IN5S. The first-order valence-electron chi connectivity index (χ1n) is 9.07. The normalized spacial score (nSPS) is 16.8. The van der Waals surface area contributed by atoms with E-state index in [0.717, 1.165) is 30.1 Å². The zero-order chi connectivity index (χ0) is 19.4. The summed E-state index contributed by atoms with van der Waals surface area (Å²) in [6.45, 7) is 5.93. The molecule has 0 amide bonds. The number of aryl methyl sites for hydroxylation is 2. The number of guanidine groups is 1. The molecule has 5 nitrogen and oxygen atoms in total. The molecule has 1 atom stereocenters. The second kappa shape index (κ2) is 10.3. The molecule has 2 aromatic rings. The summed E-state index contributed by atoms with van der Waals surface area (Å²) >= 11 is 1.72. The second-order valence-electron chi connectivity index (χ2n) is 6.64. The number of halogens is 3. The summed E-state index contributed by atoms with van der Waals surface area (Å²) in [5.74, 6) is -0.337. The summed E-state index contributed by atoms with van der Waals surface area (Å²) in [5.41, 5.74) is 1.14. The number of nitrogens with one attached hydrogen (secondary N) is 2. The minimum absolute atomic E-state index is 0. The Morgan fingerprint density at radius 3 is 2.64 bits per heavy atom. The smallest absolute Gasteiger partial charge is 0.191 e. The van der Waals surface area contributed by atoms with Crippen molar-refractivity contribution in [2.45, 2.75) is 32.7 Å². The highest BCUT2D eigenvalue weighted by Crippen LogP contribution is 2.26. The molecule has 0 radical (unpaired) electrons. The van der Waals surface area contributed by atoms with E-state index >= 15 is 0 Å². The van der Waals surface area contributed by atoms with E-state index in [1.54, 1.807) is 23.3 Å². The molecule has 1 aromatic heterocycles. The first kappa shape index (κ1) is 22.8. The van der Waals surface area contributed by atoms with Crippen molar-refractivity contribution in [1.82, 2.24) is 15.6 Å². The Balaban J connectivity index is 0.00000280. The number of benzene rings is 1. The standard InChI is InChI=1S/C19H25F2N5S.HI/c1-12-17(27-13(2)24-12)7-9-23-19(22-3)25-14-8-10-26(11-14)18-15(20)5-4-6-16(18)21;/h4-6,14H,7-11H2,1-3H3,(H2,22,23,25);1H. The minimum Gasteiger partial charge on any atom is -0.365 e. The van der Waals surface area contributed by atoms with Gasteiger partial charge in [0.1, 0.15) is 17.3 Å². The predicted octanol–water partition coefficient (Wildman–Crippen LogP) is 3.64. The molecule has 1 aliphatic rings. The Kier molecular flexibility index (Phi) is 8.41. The molecule has 2 heterocycles. The van der Waals surface area contributed by atoms with Crippen LogP contribution in [0.2, 0.25) is 0 Å². The van der Waals surface area contributed by atoms with Gasteiger partial charge in [-0.05, 0) is 32.4 Å². The molecule has 1 aromatic carbocycles. The average Bonchev–Trinajstić information content (AvgIpc) is 3.20. The maximum Gasteiger partial charge on any atom is 0.191 e. The van der Waals surface area contributed by atoms with E-state index in [1.807, 2.05) is 13.8 Å². The SMILES string of the molecule is CN=C(NCCc1sc(C)nc1C)NC1CCN(c2c(F)cccc2F)C1.I. The van der Waals surface area contributed by atoms with Gasteiger partial charge in [0, 0.05) is 44.0 Å². The van der Waals surface area contributed by atoms with Crippen LogP contribution in [0.5, 0.6) is 0 Å². The summed E-state index contributed by atoms with van der Waals surface area (Å²) in [6, 6.07) is 4.06. The molecule has 0 aliphatic carbocycles. The fraction of sp³-hybridized carbons (Fsp3) is 0.474. The summed E-state index contributed by atoms with van der Waals surface area (Å²) in [6.07, 6.45) is 1.68. The van der Waals surface area contributed by atoms with Crippen molar-refractivity contribution < 1.29 is 8.78 Å². The van der Waals surface area contributed by atoms with Crippen LogP contribution >= 0.6 is 35.3 Å². The Morgan fingerprint density at radius 2 is 2.04 bits per heavy atom. The maximum absolute atomic E-state index is 14.0. The molecule has 0 bridgehead atoms. The van der Waals surface area contributed by atoms with Crippen LogP contribution in [0.3, 0.4) is 0 Å². The number of thiazole rings is 1. The van der Waals surface area contributed by atoms with Gasteiger partial charge < -0.3 is 15.5 Å². The highest BCUT2D eigenvalue weighted by Gasteiger charge is 2.27. The molecule has 28 heavy (non-hydrogen) atoms. The molecule has 154 valence electrons. The summed E-state index contributed by atoms with van der Waals surface area (Å²) in [4.78, 5) is 11.7. The van der Waals surface area contributed by atoms with Crippen LogP contribution in [0.1, 0.15) is 22.0 Å². The van der Waals surface area contributed by atoms with Crippen molar-refractivity contribution in [3.8, 4) is 0 Å². The average molecular weight is 521 g/mol.